The second kappa shape index (κ2) is 6.11. The van der Waals surface area contributed by atoms with Crippen molar-refractivity contribution in [3.05, 3.63) is 61.6 Å². The molecule has 2 N–H and O–H groups in total. The van der Waals surface area contributed by atoms with Gasteiger partial charge in [-0.05, 0) is 46.3 Å². The van der Waals surface area contributed by atoms with E-state index in [1.165, 1.54) is 24.3 Å². The monoisotopic (exact) mass is 370 g/mol. The molecule has 2 aromatic rings. The highest BCUT2D eigenvalue weighted by Crippen LogP contribution is 2.29. The maximum atomic E-state index is 12.1. The highest BCUT2D eigenvalue weighted by atomic mass is 79.9. The van der Waals surface area contributed by atoms with Gasteiger partial charge in [0.1, 0.15) is 11.4 Å². The van der Waals surface area contributed by atoms with Gasteiger partial charge in [0.25, 0.3) is 11.6 Å². The quantitative estimate of drug-likeness (QED) is 0.485. The first-order valence-electron chi connectivity index (χ1n) is 5.62. The van der Waals surface area contributed by atoms with E-state index in [9.17, 15) is 20.0 Å². The molecule has 0 aliphatic heterocycles. The summed E-state index contributed by atoms with van der Waals surface area (Å²) in [5.41, 5.74) is -0.125. The number of nitrogens with one attached hydrogen (secondary N) is 1. The number of carbonyl (C=O) groups is 1. The molecular formula is C13H8BrClN2O4. The molecule has 2 aromatic carbocycles. The minimum absolute atomic E-state index is 0.00958. The van der Waals surface area contributed by atoms with Gasteiger partial charge in [0.2, 0.25) is 0 Å². The van der Waals surface area contributed by atoms with Gasteiger partial charge in [0, 0.05) is 9.50 Å². The van der Waals surface area contributed by atoms with Crippen molar-refractivity contribution in [2.24, 2.45) is 0 Å². The molecule has 0 bridgehead atoms. The zero-order valence-corrected chi connectivity index (χ0v) is 12.7. The van der Waals surface area contributed by atoms with Crippen LogP contribution in [-0.2, 0) is 0 Å². The number of amides is 1. The molecule has 0 unspecified atom stereocenters. The second-order valence-corrected chi connectivity index (χ2v) is 5.33. The van der Waals surface area contributed by atoms with Crippen LogP contribution in [0.3, 0.4) is 0 Å². The van der Waals surface area contributed by atoms with Gasteiger partial charge < -0.3 is 10.4 Å². The van der Waals surface area contributed by atoms with Crippen LogP contribution in [-0.4, -0.2) is 15.9 Å². The molecule has 6 nitrogen and oxygen atoms in total. The molecule has 0 atom stereocenters. The smallest absolute Gasteiger partial charge is 0.296 e. The summed E-state index contributed by atoms with van der Waals surface area (Å²) >= 11 is 8.99. The SMILES string of the molecule is O=C(Nc1ccc(O)cc1[N+](=O)[O-])c1ccc(Cl)cc1Br. The van der Waals surface area contributed by atoms with Gasteiger partial charge in [0.15, 0.2) is 0 Å². The van der Waals surface area contributed by atoms with Crippen LogP contribution in [0.5, 0.6) is 5.75 Å². The van der Waals surface area contributed by atoms with Gasteiger partial charge in [-0.2, -0.15) is 0 Å². The summed E-state index contributed by atoms with van der Waals surface area (Å²) in [6, 6.07) is 8.05. The molecule has 0 spiro atoms. The Morgan fingerprint density at radius 1 is 1.29 bits per heavy atom. The predicted molar refractivity (Wildman–Crippen MR) is 81.9 cm³/mol. The predicted octanol–water partition coefficient (Wildman–Crippen LogP) is 3.97. The van der Waals surface area contributed by atoms with Crippen LogP contribution < -0.4 is 5.32 Å². The average molecular weight is 372 g/mol. The number of phenolic OH excluding ortho intramolecular Hbond substituents is 1. The number of nitro groups is 1. The zero-order chi connectivity index (χ0) is 15.6. The fourth-order valence-electron chi connectivity index (χ4n) is 1.64. The summed E-state index contributed by atoms with van der Waals surface area (Å²) in [5.74, 6) is -0.792. The number of hydrogen-bond donors (Lipinski definition) is 2. The van der Waals surface area contributed by atoms with Crippen molar-refractivity contribution in [1.29, 1.82) is 0 Å². The normalized spacial score (nSPS) is 10.2. The molecule has 21 heavy (non-hydrogen) atoms. The lowest BCUT2D eigenvalue weighted by atomic mass is 10.2. The lowest BCUT2D eigenvalue weighted by molar-refractivity contribution is -0.384. The number of phenols is 1. The van der Waals surface area contributed by atoms with Gasteiger partial charge in [-0.25, -0.2) is 0 Å². The minimum Gasteiger partial charge on any atom is -0.508 e. The molecule has 0 heterocycles. The van der Waals surface area contributed by atoms with Crippen LogP contribution in [0, 0.1) is 10.1 Å². The maximum Gasteiger partial charge on any atom is 0.296 e. The number of rotatable bonds is 3. The summed E-state index contributed by atoms with van der Waals surface area (Å²) in [7, 11) is 0. The van der Waals surface area contributed by atoms with E-state index in [2.05, 4.69) is 21.2 Å². The first-order chi connectivity index (χ1) is 9.88. The molecule has 0 saturated heterocycles. The summed E-state index contributed by atoms with van der Waals surface area (Å²) in [5, 5.41) is 23.1. The van der Waals surface area contributed by atoms with Crippen molar-refractivity contribution in [2.45, 2.75) is 0 Å². The minimum atomic E-state index is -0.688. The van der Waals surface area contributed by atoms with Gasteiger partial charge in [-0.1, -0.05) is 11.6 Å². The largest absolute Gasteiger partial charge is 0.508 e. The van der Waals surface area contributed by atoms with E-state index in [1.54, 1.807) is 6.07 Å². The zero-order valence-electron chi connectivity index (χ0n) is 10.3. The summed E-state index contributed by atoms with van der Waals surface area (Å²) in [4.78, 5) is 22.4. The van der Waals surface area contributed by atoms with Crippen LogP contribution in [0.25, 0.3) is 0 Å². The van der Waals surface area contributed by atoms with Crippen molar-refractivity contribution >= 4 is 44.8 Å². The van der Waals surface area contributed by atoms with E-state index in [0.717, 1.165) is 6.07 Å². The van der Waals surface area contributed by atoms with Gasteiger partial charge in [-0.15, -0.1) is 0 Å². The summed E-state index contributed by atoms with van der Waals surface area (Å²) < 4.78 is 0.467. The van der Waals surface area contributed by atoms with Crippen molar-refractivity contribution in [2.75, 3.05) is 5.32 Å². The van der Waals surface area contributed by atoms with Gasteiger partial charge >= 0.3 is 0 Å². The van der Waals surface area contributed by atoms with Crippen molar-refractivity contribution < 1.29 is 14.8 Å². The van der Waals surface area contributed by atoms with E-state index < -0.39 is 16.5 Å². The molecule has 2 rings (SSSR count). The van der Waals surface area contributed by atoms with E-state index in [1.807, 2.05) is 0 Å². The number of hydrogen-bond acceptors (Lipinski definition) is 4. The third-order valence-electron chi connectivity index (χ3n) is 2.60. The Bertz CT molecular complexity index is 736. The highest BCUT2D eigenvalue weighted by Gasteiger charge is 2.18. The standard InChI is InChI=1S/C13H8BrClN2O4/c14-10-5-7(15)1-3-9(10)13(19)16-11-4-2-8(18)6-12(11)17(20)21/h1-6,18H,(H,16,19). The van der Waals surface area contributed by atoms with Crippen LogP contribution in [0.15, 0.2) is 40.9 Å². The van der Waals surface area contributed by atoms with Gasteiger partial charge in [0.05, 0.1) is 16.6 Å². The Morgan fingerprint density at radius 2 is 2.00 bits per heavy atom. The molecular weight excluding hydrogens is 364 g/mol. The maximum absolute atomic E-state index is 12.1. The van der Waals surface area contributed by atoms with E-state index >= 15 is 0 Å². The third-order valence-corrected chi connectivity index (χ3v) is 3.49. The second-order valence-electron chi connectivity index (χ2n) is 4.04. The number of anilines is 1. The van der Waals surface area contributed by atoms with Crippen molar-refractivity contribution in [3.8, 4) is 5.75 Å². The third kappa shape index (κ3) is 3.50. The molecule has 0 aromatic heterocycles. The fraction of sp³-hybridized carbons (Fsp3) is 0. The number of aromatic hydroxyl groups is 1. The van der Waals surface area contributed by atoms with Crippen molar-refractivity contribution in [3.63, 3.8) is 0 Å². The molecule has 108 valence electrons. The number of benzene rings is 2. The van der Waals surface area contributed by atoms with Crippen LogP contribution in [0.2, 0.25) is 5.02 Å². The Morgan fingerprint density at radius 3 is 2.62 bits per heavy atom. The van der Waals surface area contributed by atoms with Crippen LogP contribution in [0.4, 0.5) is 11.4 Å². The number of nitrogens with zero attached hydrogens (tertiary/aromatic N) is 1. The number of nitro benzene ring substituents is 1. The molecule has 0 aliphatic rings. The molecule has 0 radical (unpaired) electrons. The highest BCUT2D eigenvalue weighted by molar-refractivity contribution is 9.10. The van der Waals surface area contributed by atoms with Crippen LogP contribution >= 0.6 is 27.5 Å². The lowest BCUT2D eigenvalue weighted by Crippen LogP contribution is -2.13. The first-order valence-corrected chi connectivity index (χ1v) is 6.79. The number of halogens is 2. The average Bonchev–Trinajstić information content (AvgIpc) is 2.40. The molecule has 1 amide bonds. The fourth-order valence-corrected chi connectivity index (χ4v) is 2.50. The van der Waals surface area contributed by atoms with Crippen LogP contribution in [0.1, 0.15) is 10.4 Å². The first kappa shape index (κ1) is 15.3. The Hall–Kier alpha value is -2.12. The number of carbonyl (C=O) groups excluding carboxylic acids is 1. The topological polar surface area (TPSA) is 92.5 Å². The molecule has 0 aliphatic carbocycles. The molecule has 0 fully saturated rings. The summed E-state index contributed by atoms with van der Waals surface area (Å²) in [6.45, 7) is 0. The summed E-state index contributed by atoms with van der Waals surface area (Å²) in [6.07, 6.45) is 0. The molecule has 0 saturated carbocycles. The van der Waals surface area contributed by atoms with E-state index in [0.29, 0.717) is 9.50 Å². The lowest BCUT2D eigenvalue weighted by Gasteiger charge is -2.08. The van der Waals surface area contributed by atoms with Crippen molar-refractivity contribution in [1.82, 2.24) is 0 Å². The van der Waals surface area contributed by atoms with Gasteiger partial charge in [-0.3, -0.25) is 14.9 Å². The van der Waals surface area contributed by atoms with E-state index in [4.69, 9.17) is 11.6 Å². The van der Waals surface area contributed by atoms with E-state index in [-0.39, 0.29) is 17.0 Å². The Labute approximate surface area is 132 Å². The molecule has 8 heteroatoms. The Balaban J connectivity index is 2.34. The Kier molecular flexibility index (Phi) is 4.44.